The normalized spacial score (nSPS) is 18.6. The van der Waals surface area contributed by atoms with E-state index >= 15 is 0 Å². The smallest absolute Gasteiger partial charge is 0.354 e. The zero-order valence-corrected chi connectivity index (χ0v) is 11.2. The second-order valence-corrected chi connectivity index (χ2v) is 4.39. The number of amides is 1. The molecule has 0 saturated carbocycles. The number of rotatable bonds is 4. The fraction of sp³-hybridized carbons (Fsp3) is 0.462. The molecule has 2 rings (SSSR count). The fourth-order valence-electron chi connectivity index (χ4n) is 2.10. The lowest BCUT2D eigenvalue weighted by molar-refractivity contribution is -0.124. The van der Waals surface area contributed by atoms with Crippen LogP contribution in [0.2, 0.25) is 0 Å². The predicted octanol–water partition coefficient (Wildman–Crippen LogP) is 0.121. The third-order valence-electron chi connectivity index (χ3n) is 3.08. The van der Waals surface area contributed by atoms with E-state index in [-0.39, 0.29) is 11.6 Å². The second-order valence-electron chi connectivity index (χ2n) is 4.39. The number of carboxylic acid groups (broad SMARTS) is 1. The molecule has 1 aliphatic rings. The van der Waals surface area contributed by atoms with Gasteiger partial charge in [0.05, 0.1) is 25.1 Å². The first-order valence-corrected chi connectivity index (χ1v) is 6.45. The number of aromatic nitrogens is 1. The van der Waals surface area contributed by atoms with Crippen molar-refractivity contribution in [3.63, 3.8) is 0 Å². The van der Waals surface area contributed by atoms with E-state index in [0.29, 0.717) is 26.3 Å². The van der Waals surface area contributed by atoms with Crippen LogP contribution in [0.4, 0.5) is 5.69 Å². The Morgan fingerprint density at radius 1 is 1.55 bits per heavy atom. The van der Waals surface area contributed by atoms with Gasteiger partial charge in [0.15, 0.2) is 0 Å². The summed E-state index contributed by atoms with van der Waals surface area (Å²) >= 11 is 0. The summed E-state index contributed by atoms with van der Waals surface area (Å²) in [7, 11) is 0. The minimum Gasteiger partial charge on any atom is -0.477 e. The Morgan fingerprint density at radius 3 is 2.95 bits per heavy atom. The van der Waals surface area contributed by atoms with Gasteiger partial charge in [-0.25, -0.2) is 9.78 Å². The third-order valence-corrected chi connectivity index (χ3v) is 3.08. The van der Waals surface area contributed by atoms with Gasteiger partial charge in [-0.05, 0) is 19.1 Å². The lowest BCUT2D eigenvalue weighted by Crippen LogP contribution is -2.54. The molecule has 0 bridgehead atoms. The summed E-state index contributed by atoms with van der Waals surface area (Å²) in [5, 5.41) is 11.6. The van der Waals surface area contributed by atoms with Crippen molar-refractivity contribution in [1.29, 1.82) is 0 Å². The van der Waals surface area contributed by atoms with Gasteiger partial charge in [0.2, 0.25) is 5.91 Å². The molecule has 1 aromatic rings. The SMILES string of the molecule is CCNC(=O)C1COCCN1c1ccc(C(=O)O)nc1. The van der Waals surface area contributed by atoms with Crippen LogP contribution >= 0.6 is 0 Å². The van der Waals surface area contributed by atoms with E-state index in [1.54, 1.807) is 6.07 Å². The van der Waals surface area contributed by atoms with Crippen LogP contribution in [0.5, 0.6) is 0 Å². The number of anilines is 1. The van der Waals surface area contributed by atoms with Gasteiger partial charge in [-0.2, -0.15) is 0 Å². The molecular weight excluding hydrogens is 262 g/mol. The van der Waals surface area contributed by atoms with Gasteiger partial charge < -0.3 is 20.1 Å². The van der Waals surface area contributed by atoms with Crippen LogP contribution in [0.25, 0.3) is 0 Å². The molecule has 0 radical (unpaired) electrons. The molecular formula is C13H17N3O4. The van der Waals surface area contributed by atoms with Gasteiger partial charge >= 0.3 is 5.97 Å². The Kier molecular flexibility index (Phi) is 4.52. The molecule has 1 saturated heterocycles. The Bertz CT molecular complexity index is 489. The van der Waals surface area contributed by atoms with Gasteiger partial charge in [0.25, 0.3) is 0 Å². The van der Waals surface area contributed by atoms with Gasteiger partial charge in [0.1, 0.15) is 11.7 Å². The summed E-state index contributed by atoms with van der Waals surface area (Å²) in [6.07, 6.45) is 1.47. The van der Waals surface area contributed by atoms with Crippen LogP contribution in [-0.4, -0.2) is 54.3 Å². The molecule has 1 atom stereocenters. The quantitative estimate of drug-likeness (QED) is 0.813. The van der Waals surface area contributed by atoms with E-state index in [1.165, 1.54) is 12.3 Å². The monoisotopic (exact) mass is 279 g/mol. The van der Waals surface area contributed by atoms with Crippen molar-refractivity contribution in [2.45, 2.75) is 13.0 Å². The molecule has 7 nitrogen and oxygen atoms in total. The number of carboxylic acids is 1. The fourth-order valence-corrected chi connectivity index (χ4v) is 2.10. The van der Waals surface area contributed by atoms with Crippen molar-refractivity contribution in [2.75, 3.05) is 31.2 Å². The number of morpholine rings is 1. The molecule has 1 aromatic heterocycles. The van der Waals surface area contributed by atoms with Gasteiger partial charge in [-0.15, -0.1) is 0 Å². The molecule has 0 aromatic carbocycles. The molecule has 0 aliphatic carbocycles. The average Bonchev–Trinajstić information content (AvgIpc) is 2.47. The second kappa shape index (κ2) is 6.33. The maximum absolute atomic E-state index is 12.0. The minimum absolute atomic E-state index is 0.0171. The van der Waals surface area contributed by atoms with Crippen molar-refractivity contribution in [2.24, 2.45) is 0 Å². The molecule has 2 heterocycles. The highest BCUT2D eigenvalue weighted by molar-refractivity contribution is 5.87. The highest BCUT2D eigenvalue weighted by Crippen LogP contribution is 2.19. The highest BCUT2D eigenvalue weighted by Gasteiger charge is 2.29. The van der Waals surface area contributed by atoms with Crippen molar-refractivity contribution in [3.05, 3.63) is 24.0 Å². The topological polar surface area (TPSA) is 91.8 Å². The summed E-state index contributed by atoms with van der Waals surface area (Å²) in [6.45, 7) is 3.81. The van der Waals surface area contributed by atoms with E-state index in [9.17, 15) is 9.59 Å². The van der Waals surface area contributed by atoms with E-state index < -0.39 is 12.0 Å². The molecule has 7 heteroatoms. The first kappa shape index (κ1) is 14.3. The maximum atomic E-state index is 12.0. The number of hydrogen-bond donors (Lipinski definition) is 2. The highest BCUT2D eigenvalue weighted by atomic mass is 16.5. The van der Waals surface area contributed by atoms with Crippen LogP contribution in [0.3, 0.4) is 0 Å². The number of likely N-dealkylation sites (N-methyl/N-ethyl adjacent to an activating group) is 1. The molecule has 1 amide bonds. The summed E-state index contributed by atoms with van der Waals surface area (Å²) in [6, 6.07) is 2.68. The molecule has 108 valence electrons. The van der Waals surface area contributed by atoms with Gasteiger partial charge in [0, 0.05) is 13.1 Å². The Balaban J connectivity index is 2.18. The third kappa shape index (κ3) is 3.05. The lowest BCUT2D eigenvalue weighted by Gasteiger charge is -2.36. The predicted molar refractivity (Wildman–Crippen MR) is 71.8 cm³/mol. The van der Waals surface area contributed by atoms with E-state index in [1.807, 2.05) is 11.8 Å². The van der Waals surface area contributed by atoms with Crippen LogP contribution in [0, 0.1) is 0 Å². The Hall–Kier alpha value is -2.15. The minimum atomic E-state index is -1.07. The van der Waals surface area contributed by atoms with Crippen molar-refractivity contribution < 1.29 is 19.4 Å². The number of nitrogens with one attached hydrogen (secondary N) is 1. The van der Waals surface area contributed by atoms with Crippen LogP contribution in [-0.2, 0) is 9.53 Å². The first-order chi connectivity index (χ1) is 9.63. The van der Waals surface area contributed by atoms with Crippen molar-refractivity contribution >= 4 is 17.6 Å². The van der Waals surface area contributed by atoms with Crippen LogP contribution in [0.15, 0.2) is 18.3 Å². The Morgan fingerprint density at radius 2 is 2.35 bits per heavy atom. The lowest BCUT2D eigenvalue weighted by atomic mass is 10.2. The van der Waals surface area contributed by atoms with Crippen molar-refractivity contribution in [1.82, 2.24) is 10.3 Å². The molecule has 2 N–H and O–H groups in total. The first-order valence-electron chi connectivity index (χ1n) is 6.45. The number of hydrogen-bond acceptors (Lipinski definition) is 5. The average molecular weight is 279 g/mol. The van der Waals surface area contributed by atoms with Gasteiger partial charge in [-0.3, -0.25) is 4.79 Å². The van der Waals surface area contributed by atoms with E-state index in [4.69, 9.17) is 9.84 Å². The molecule has 1 fully saturated rings. The number of carbonyl (C=O) groups excluding carboxylic acids is 1. The zero-order chi connectivity index (χ0) is 14.5. The van der Waals surface area contributed by atoms with E-state index in [2.05, 4.69) is 10.3 Å². The molecule has 1 unspecified atom stereocenters. The standard InChI is InChI=1S/C13H17N3O4/c1-2-14-12(17)11-8-20-6-5-16(11)9-3-4-10(13(18)19)15-7-9/h3-4,7,11H,2,5-6,8H2,1H3,(H,14,17)(H,18,19). The summed E-state index contributed by atoms with van der Waals surface area (Å²) in [4.78, 5) is 28.6. The largest absolute Gasteiger partial charge is 0.477 e. The van der Waals surface area contributed by atoms with Gasteiger partial charge in [-0.1, -0.05) is 0 Å². The van der Waals surface area contributed by atoms with Crippen LogP contribution in [0.1, 0.15) is 17.4 Å². The Labute approximate surface area is 116 Å². The zero-order valence-electron chi connectivity index (χ0n) is 11.2. The van der Waals surface area contributed by atoms with Crippen molar-refractivity contribution in [3.8, 4) is 0 Å². The number of aromatic carboxylic acids is 1. The number of ether oxygens (including phenoxy) is 1. The molecule has 20 heavy (non-hydrogen) atoms. The van der Waals surface area contributed by atoms with Crippen LogP contribution < -0.4 is 10.2 Å². The number of carbonyl (C=O) groups is 2. The maximum Gasteiger partial charge on any atom is 0.354 e. The molecule has 1 aliphatic heterocycles. The van der Waals surface area contributed by atoms with E-state index in [0.717, 1.165) is 5.69 Å². The summed E-state index contributed by atoms with van der Waals surface area (Å²) in [5.74, 6) is -1.17. The summed E-state index contributed by atoms with van der Waals surface area (Å²) < 4.78 is 5.35. The number of pyridine rings is 1. The number of nitrogens with zero attached hydrogens (tertiary/aromatic N) is 2. The summed E-state index contributed by atoms with van der Waals surface area (Å²) in [5.41, 5.74) is 0.700. The molecule has 0 spiro atoms.